The largest absolute Gasteiger partial charge is 0.493 e. The van der Waals surface area contributed by atoms with Gasteiger partial charge >= 0.3 is 0 Å². The van der Waals surface area contributed by atoms with Gasteiger partial charge in [0.05, 0.1) is 20.8 Å². The topological polar surface area (TPSA) is 53.7 Å². The molecule has 1 saturated carbocycles. The van der Waals surface area contributed by atoms with Crippen molar-refractivity contribution >= 4 is 0 Å². The molecule has 0 radical (unpaired) electrons. The smallest absolute Gasteiger partial charge is 0.166 e. The minimum absolute atomic E-state index is 0.0629. The zero-order valence-electron chi connectivity index (χ0n) is 12.7. The van der Waals surface area contributed by atoms with E-state index in [9.17, 15) is 0 Å². The van der Waals surface area contributed by atoms with Gasteiger partial charge in [-0.3, -0.25) is 0 Å². The summed E-state index contributed by atoms with van der Waals surface area (Å²) in [4.78, 5) is 0. The van der Waals surface area contributed by atoms with Gasteiger partial charge in [-0.25, -0.2) is 0 Å². The molecule has 1 fully saturated rings. The van der Waals surface area contributed by atoms with E-state index >= 15 is 0 Å². The van der Waals surface area contributed by atoms with Crippen molar-refractivity contribution in [2.45, 2.75) is 37.7 Å². The number of rotatable bonds is 6. The van der Waals surface area contributed by atoms with Crippen molar-refractivity contribution < 1.29 is 14.2 Å². The van der Waals surface area contributed by atoms with Crippen molar-refractivity contribution in [1.29, 1.82) is 0 Å². The van der Waals surface area contributed by atoms with Crippen LogP contribution in [0.25, 0.3) is 0 Å². The Morgan fingerprint density at radius 3 is 2.30 bits per heavy atom. The van der Waals surface area contributed by atoms with Gasteiger partial charge in [0.15, 0.2) is 11.5 Å². The lowest BCUT2D eigenvalue weighted by molar-refractivity contribution is 0.178. The van der Waals surface area contributed by atoms with Gasteiger partial charge in [0.2, 0.25) is 0 Å². The maximum atomic E-state index is 6.12. The SMILES string of the molecule is COCc1c(C2(CN)CCCC2)ccc(OC)c1OC. The molecule has 0 unspecified atom stereocenters. The molecule has 20 heavy (non-hydrogen) atoms. The van der Waals surface area contributed by atoms with Crippen LogP contribution in [0.5, 0.6) is 11.5 Å². The van der Waals surface area contributed by atoms with Crippen molar-refractivity contribution in [3.63, 3.8) is 0 Å². The zero-order valence-corrected chi connectivity index (χ0v) is 12.7. The molecule has 0 amide bonds. The molecule has 1 aliphatic rings. The van der Waals surface area contributed by atoms with Crippen molar-refractivity contribution in [3.8, 4) is 11.5 Å². The van der Waals surface area contributed by atoms with E-state index in [1.54, 1.807) is 21.3 Å². The Hall–Kier alpha value is -1.26. The maximum absolute atomic E-state index is 6.12. The number of nitrogens with two attached hydrogens (primary N) is 1. The molecule has 0 saturated heterocycles. The molecule has 1 aromatic rings. The van der Waals surface area contributed by atoms with Gasteiger partial charge in [0.1, 0.15) is 0 Å². The molecule has 2 N–H and O–H groups in total. The van der Waals surface area contributed by atoms with Gasteiger partial charge in [0, 0.05) is 24.6 Å². The van der Waals surface area contributed by atoms with E-state index in [1.807, 2.05) is 6.07 Å². The van der Waals surface area contributed by atoms with Crippen molar-refractivity contribution in [1.82, 2.24) is 0 Å². The highest BCUT2D eigenvalue weighted by Crippen LogP contribution is 2.46. The first-order valence-corrected chi connectivity index (χ1v) is 7.15. The van der Waals surface area contributed by atoms with Crippen LogP contribution in [-0.4, -0.2) is 27.9 Å². The monoisotopic (exact) mass is 279 g/mol. The first kappa shape index (κ1) is 15.1. The lowest BCUT2D eigenvalue weighted by atomic mass is 9.76. The summed E-state index contributed by atoms with van der Waals surface area (Å²) in [6.45, 7) is 1.18. The molecular weight excluding hydrogens is 254 g/mol. The van der Waals surface area contributed by atoms with E-state index in [2.05, 4.69) is 6.07 Å². The Balaban J connectivity index is 2.56. The average molecular weight is 279 g/mol. The second-order valence-electron chi connectivity index (χ2n) is 5.45. The van der Waals surface area contributed by atoms with Gasteiger partial charge in [-0.1, -0.05) is 18.9 Å². The average Bonchev–Trinajstić information content (AvgIpc) is 2.97. The number of methoxy groups -OCH3 is 3. The summed E-state index contributed by atoms with van der Waals surface area (Å²) in [5.41, 5.74) is 8.51. The molecular formula is C16H25NO3. The molecule has 4 nitrogen and oxygen atoms in total. The standard InChI is InChI=1S/C16H25NO3/c1-18-10-12-13(16(11-17)8-4-5-9-16)6-7-14(19-2)15(12)20-3/h6-7H,4-5,8-11,17H2,1-3H3. The van der Waals surface area contributed by atoms with Crippen LogP contribution in [0.2, 0.25) is 0 Å². The van der Waals surface area contributed by atoms with E-state index in [0.29, 0.717) is 13.2 Å². The van der Waals surface area contributed by atoms with Crippen molar-refractivity contribution in [2.75, 3.05) is 27.9 Å². The van der Waals surface area contributed by atoms with E-state index in [1.165, 1.54) is 18.4 Å². The first-order valence-electron chi connectivity index (χ1n) is 7.15. The third kappa shape index (κ3) is 2.50. The molecule has 0 bridgehead atoms. The fraction of sp³-hybridized carbons (Fsp3) is 0.625. The zero-order chi connectivity index (χ0) is 14.6. The summed E-state index contributed by atoms with van der Waals surface area (Å²) < 4.78 is 16.3. The van der Waals surface area contributed by atoms with E-state index in [0.717, 1.165) is 29.9 Å². The highest BCUT2D eigenvalue weighted by atomic mass is 16.5. The third-order valence-electron chi connectivity index (χ3n) is 4.46. The molecule has 1 aliphatic carbocycles. The van der Waals surface area contributed by atoms with Gasteiger partial charge < -0.3 is 19.9 Å². The lowest BCUT2D eigenvalue weighted by Crippen LogP contribution is -2.33. The summed E-state index contributed by atoms with van der Waals surface area (Å²) >= 11 is 0. The fourth-order valence-electron chi connectivity index (χ4n) is 3.41. The van der Waals surface area contributed by atoms with Crippen molar-refractivity contribution in [3.05, 3.63) is 23.3 Å². The minimum atomic E-state index is 0.0629. The van der Waals surface area contributed by atoms with Crippen LogP contribution in [0.4, 0.5) is 0 Å². The second kappa shape index (κ2) is 6.46. The fourth-order valence-corrected chi connectivity index (χ4v) is 3.41. The highest BCUT2D eigenvalue weighted by Gasteiger charge is 2.37. The van der Waals surface area contributed by atoms with Gasteiger partial charge in [0.25, 0.3) is 0 Å². The maximum Gasteiger partial charge on any atom is 0.166 e. The Labute approximate surface area is 121 Å². The summed E-state index contributed by atoms with van der Waals surface area (Å²) in [6.07, 6.45) is 4.74. The molecule has 0 spiro atoms. The van der Waals surface area contributed by atoms with E-state index < -0.39 is 0 Å². The lowest BCUT2D eigenvalue weighted by Gasteiger charge is -2.31. The van der Waals surface area contributed by atoms with Crippen LogP contribution in [0.1, 0.15) is 36.8 Å². The van der Waals surface area contributed by atoms with Crippen LogP contribution in [-0.2, 0) is 16.8 Å². The molecule has 4 heteroatoms. The molecule has 0 heterocycles. The van der Waals surface area contributed by atoms with E-state index in [-0.39, 0.29) is 5.41 Å². The molecule has 1 aromatic carbocycles. The summed E-state index contributed by atoms with van der Waals surface area (Å²) in [7, 11) is 5.03. The number of benzene rings is 1. The molecule has 0 atom stereocenters. The van der Waals surface area contributed by atoms with E-state index in [4.69, 9.17) is 19.9 Å². The Kier molecular flexibility index (Phi) is 4.89. The Morgan fingerprint density at radius 2 is 1.80 bits per heavy atom. The Bertz CT molecular complexity index is 453. The molecule has 2 rings (SSSR count). The molecule has 0 aliphatic heterocycles. The van der Waals surface area contributed by atoms with Gasteiger partial charge in [-0.05, 0) is 24.5 Å². The molecule has 0 aromatic heterocycles. The normalized spacial score (nSPS) is 17.2. The van der Waals surface area contributed by atoms with Gasteiger partial charge in [-0.15, -0.1) is 0 Å². The molecule has 112 valence electrons. The van der Waals surface area contributed by atoms with Crippen LogP contribution in [0.15, 0.2) is 12.1 Å². The predicted molar refractivity (Wildman–Crippen MR) is 79.5 cm³/mol. The summed E-state index contributed by atoms with van der Waals surface area (Å²) in [6, 6.07) is 4.11. The second-order valence-corrected chi connectivity index (χ2v) is 5.45. The number of hydrogen-bond acceptors (Lipinski definition) is 4. The van der Waals surface area contributed by atoms with Crippen LogP contribution >= 0.6 is 0 Å². The minimum Gasteiger partial charge on any atom is -0.493 e. The number of hydrogen-bond donors (Lipinski definition) is 1. The highest BCUT2D eigenvalue weighted by molar-refractivity contribution is 5.53. The first-order chi connectivity index (χ1) is 9.72. The predicted octanol–water partition coefficient (Wildman–Crippen LogP) is 2.62. The van der Waals surface area contributed by atoms with Crippen LogP contribution in [0, 0.1) is 0 Å². The number of ether oxygens (including phenoxy) is 3. The Morgan fingerprint density at radius 1 is 1.10 bits per heavy atom. The summed E-state index contributed by atoms with van der Waals surface area (Å²) in [5, 5.41) is 0. The van der Waals surface area contributed by atoms with Crippen molar-refractivity contribution in [2.24, 2.45) is 5.73 Å². The van der Waals surface area contributed by atoms with Crippen LogP contribution < -0.4 is 15.2 Å². The van der Waals surface area contributed by atoms with Gasteiger partial charge in [-0.2, -0.15) is 0 Å². The third-order valence-corrected chi connectivity index (χ3v) is 4.46. The van der Waals surface area contributed by atoms with Crippen LogP contribution in [0.3, 0.4) is 0 Å². The quantitative estimate of drug-likeness (QED) is 0.869. The summed E-state index contributed by atoms with van der Waals surface area (Å²) in [5.74, 6) is 1.51.